The van der Waals surface area contributed by atoms with Crippen molar-refractivity contribution < 1.29 is 14.3 Å². The largest absolute Gasteiger partial charge is 0.375 e. The first-order valence-electron chi connectivity index (χ1n) is 9.66. The van der Waals surface area contributed by atoms with Gasteiger partial charge in [0.15, 0.2) is 0 Å². The SMILES string of the molecule is COCC(=O)N1CCC[C@@](Cc2ccc(-c3ccc(C)cc3)cc2)(C(N)=O)C1. The number of hydrogen-bond acceptors (Lipinski definition) is 3. The standard InChI is InChI=1S/C23H28N2O3/c1-17-4-8-19(9-5-17)20-10-6-18(7-11-20)14-23(22(24)27)12-3-13-25(16-23)21(26)15-28-2/h4-11H,3,12-16H2,1-2H3,(H2,24,27)/t23-/m0/s1. The second-order valence-corrected chi connectivity index (χ2v) is 7.74. The van der Waals surface area contributed by atoms with E-state index in [0.29, 0.717) is 25.9 Å². The van der Waals surface area contributed by atoms with Crippen molar-refractivity contribution in [3.63, 3.8) is 0 Å². The molecule has 0 radical (unpaired) electrons. The molecule has 0 aromatic heterocycles. The molecule has 148 valence electrons. The molecule has 0 aliphatic carbocycles. The molecule has 1 fully saturated rings. The summed E-state index contributed by atoms with van der Waals surface area (Å²) < 4.78 is 4.96. The fourth-order valence-corrected chi connectivity index (χ4v) is 3.94. The Morgan fingerprint density at radius 2 is 1.68 bits per heavy atom. The van der Waals surface area contributed by atoms with Crippen molar-refractivity contribution in [1.29, 1.82) is 0 Å². The van der Waals surface area contributed by atoms with Crippen LogP contribution in [0.4, 0.5) is 0 Å². The summed E-state index contributed by atoms with van der Waals surface area (Å²) in [6, 6.07) is 16.7. The lowest BCUT2D eigenvalue weighted by molar-refractivity contribution is -0.142. The number of hydrogen-bond donors (Lipinski definition) is 1. The first-order chi connectivity index (χ1) is 13.4. The van der Waals surface area contributed by atoms with Crippen LogP contribution >= 0.6 is 0 Å². The third kappa shape index (κ3) is 4.42. The Labute approximate surface area is 166 Å². The summed E-state index contributed by atoms with van der Waals surface area (Å²) in [5.74, 6) is -0.437. The van der Waals surface area contributed by atoms with E-state index in [2.05, 4.69) is 55.5 Å². The molecule has 0 saturated carbocycles. The summed E-state index contributed by atoms with van der Waals surface area (Å²) in [5, 5.41) is 0. The minimum absolute atomic E-state index is 0.0279. The molecule has 28 heavy (non-hydrogen) atoms. The Morgan fingerprint density at radius 3 is 2.25 bits per heavy atom. The Balaban J connectivity index is 1.78. The summed E-state index contributed by atoms with van der Waals surface area (Å²) in [7, 11) is 1.50. The minimum Gasteiger partial charge on any atom is -0.375 e. The Kier molecular flexibility index (Phi) is 6.15. The van der Waals surface area contributed by atoms with Crippen LogP contribution in [0.25, 0.3) is 11.1 Å². The lowest BCUT2D eigenvalue weighted by Gasteiger charge is -2.41. The second-order valence-electron chi connectivity index (χ2n) is 7.74. The third-order valence-electron chi connectivity index (χ3n) is 5.60. The average molecular weight is 380 g/mol. The second kappa shape index (κ2) is 8.57. The zero-order valence-corrected chi connectivity index (χ0v) is 16.6. The van der Waals surface area contributed by atoms with Crippen LogP contribution in [0.2, 0.25) is 0 Å². The van der Waals surface area contributed by atoms with Crippen LogP contribution in [-0.4, -0.2) is 43.5 Å². The number of methoxy groups -OCH3 is 1. The van der Waals surface area contributed by atoms with Crippen LogP contribution in [0.1, 0.15) is 24.0 Å². The van der Waals surface area contributed by atoms with E-state index in [0.717, 1.165) is 23.1 Å². The summed E-state index contributed by atoms with van der Waals surface area (Å²) in [6.45, 7) is 3.09. The highest BCUT2D eigenvalue weighted by Crippen LogP contribution is 2.34. The van der Waals surface area contributed by atoms with Crippen molar-refractivity contribution in [2.45, 2.75) is 26.2 Å². The van der Waals surface area contributed by atoms with Gasteiger partial charge in [0.1, 0.15) is 6.61 Å². The molecule has 1 aliphatic heterocycles. The molecule has 0 spiro atoms. The zero-order chi connectivity index (χ0) is 20.1. The van der Waals surface area contributed by atoms with Gasteiger partial charge in [0.25, 0.3) is 0 Å². The number of carbonyl (C=O) groups is 2. The number of benzene rings is 2. The van der Waals surface area contributed by atoms with E-state index in [4.69, 9.17) is 10.5 Å². The molecular weight excluding hydrogens is 352 g/mol. The predicted octanol–water partition coefficient (Wildman–Crippen LogP) is 2.95. The molecule has 1 heterocycles. The molecule has 0 bridgehead atoms. The Hall–Kier alpha value is -2.66. The van der Waals surface area contributed by atoms with Crippen molar-refractivity contribution in [1.82, 2.24) is 4.90 Å². The van der Waals surface area contributed by atoms with Gasteiger partial charge in [-0.05, 0) is 42.9 Å². The molecule has 1 aliphatic rings. The minimum atomic E-state index is -0.729. The van der Waals surface area contributed by atoms with Gasteiger partial charge in [0, 0.05) is 20.2 Å². The van der Waals surface area contributed by atoms with Crippen molar-refractivity contribution >= 4 is 11.8 Å². The number of nitrogens with zero attached hydrogens (tertiary/aromatic N) is 1. The van der Waals surface area contributed by atoms with E-state index >= 15 is 0 Å². The van der Waals surface area contributed by atoms with E-state index in [-0.39, 0.29) is 18.4 Å². The molecule has 3 rings (SSSR count). The number of amides is 2. The maximum Gasteiger partial charge on any atom is 0.248 e. The first kappa shape index (κ1) is 20.1. The number of nitrogens with two attached hydrogens (primary N) is 1. The van der Waals surface area contributed by atoms with Crippen LogP contribution < -0.4 is 5.73 Å². The number of primary amides is 1. The van der Waals surface area contributed by atoms with Gasteiger partial charge in [-0.15, -0.1) is 0 Å². The third-order valence-corrected chi connectivity index (χ3v) is 5.60. The summed E-state index contributed by atoms with van der Waals surface area (Å²) in [4.78, 5) is 26.3. The molecule has 1 atom stereocenters. The van der Waals surface area contributed by atoms with Gasteiger partial charge in [-0.2, -0.15) is 0 Å². The first-order valence-corrected chi connectivity index (χ1v) is 9.66. The predicted molar refractivity (Wildman–Crippen MR) is 110 cm³/mol. The van der Waals surface area contributed by atoms with Crippen molar-refractivity contribution in [3.8, 4) is 11.1 Å². The smallest absolute Gasteiger partial charge is 0.248 e. The van der Waals surface area contributed by atoms with Gasteiger partial charge in [0.2, 0.25) is 11.8 Å². The summed E-state index contributed by atoms with van der Waals surface area (Å²) in [5.41, 5.74) is 9.67. The zero-order valence-electron chi connectivity index (χ0n) is 16.6. The molecule has 2 aromatic carbocycles. The molecule has 5 nitrogen and oxygen atoms in total. The number of piperidine rings is 1. The van der Waals surface area contributed by atoms with Gasteiger partial charge < -0.3 is 15.4 Å². The number of ether oxygens (including phenoxy) is 1. The van der Waals surface area contributed by atoms with Gasteiger partial charge in [-0.3, -0.25) is 9.59 Å². The van der Waals surface area contributed by atoms with Crippen LogP contribution in [0, 0.1) is 12.3 Å². The quantitative estimate of drug-likeness (QED) is 0.837. The highest BCUT2D eigenvalue weighted by molar-refractivity contribution is 5.84. The molecule has 5 heteroatoms. The molecule has 1 saturated heterocycles. The summed E-state index contributed by atoms with van der Waals surface area (Å²) >= 11 is 0. The fourth-order valence-electron chi connectivity index (χ4n) is 3.94. The highest BCUT2D eigenvalue weighted by Gasteiger charge is 2.42. The molecule has 2 N–H and O–H groups in total. The van der Waals surface area contributed by atoms with E-state index in [1.54, 1.807) is 4.90 Å². The van der Waals surface area contributed by atoms with Crippen molar-refractivity contribution in [3.05, 3.63) is 59.7 Å². The number of rotatable bonds is 6. The van der Waals surface area contributed by atoms with Crippen LogP contribution in [-0.2, 0) is 20.7 Å². The number of carbonyl (C=O) groups excluding carboxylic acids is 2. The average Bonchev–Trinajstić information content (AvgIpc) is 2.69. The normalized spacial score (nSPS) is 19.4. The van der Waals surface area contributed by atoms with Crippen LogP contribution in [0.5, 0.6) is 0 Å². The highest BCUT2D eigenvalue weighted by atomic mass is 16.5. The van der Waals surface area contributed by atoms with Crippen LogP contribution in [0.15, 0.2) is 48.5 Å². The number of likely N-dealkylation sites (tertiary alicyclic amines) is 1. The van der Waals surface area contributed by atoms with Crippen molar-refractivity contribution in [2.24, 2.45) is 11.1 Å². The van der Waals surface area contributed by atoms with Crippen LogP contribution in [0.3, 0.4) is 0 Å². The maximum atomic E-state index is 12.4. The molecule has 0 unspecified atom stereocenters. The fraction of sp³-hybridized carbons (Fsp3) is 0.391. The van der Waals surface area contributed by atoms with E-state index in [1.165, 1.54) is 12.7 Å². The summed E-state index contributed by atoms with van der Waals surface area (Å²) in [6.07, 6.45) is 1.99. The van der Waals surface area contributed by atoms with Gasteiger partial charge in [-0.25, -0.2) is 0 Å². The lowest BCUT2D eigenvalue weighted by Crippen LogP contribution is -2.53. The van der Waals surface area contributed by atoms with E-state index in [1.807, 2.05) is 0 Å². The molecule has 2 aromatic rings. The Morgan fingerprint density at radius 1 is 1.07 bits per heavy atom. The van der Waals surface area contributed by atoms with E-state index in [9.17, 15) is 9.59 Å². The molecular formula is C23H28N2O3. The van der Waals surface area contributed by atoms with Crippen molar-refractivity contribution in [2.75, 3.05) is 26.8 Å². The lowest BCUT2D eigenvalue weighted by atomic mass is 9.74. The Bertz CT molecular complexity index is 830. The maximum absolute atomic E-state index is 12.4. The van der Waals surface area contributed by atoms with Gasteiger partial charge >= 0.3 is 0 Å². The molecule has 2 amide bonds. The monoisotopic (exact) mass is 380 g/mol. The van der Waals surface area contributed by atoms with E-state index < -0.39 is 5.41 Å². The topological polar surface area (TPSA) is 72.6 Å². The van der Waals surface area contributed by atoms with Gasteiger partial charge in [0.05, 0.1) is 5.41 Å². The van der Waals surface area contributed by atoms with Gasteiger partial charge in [-0.1, -0.05) is 54.1 Å². The number of aryl methyl sites for hydroxylation is 1.